The van der Waals surface area contributed by atoms with E-state index in [-0.39, 0.29) is 6.54 Å². The fourth-order valence-corrected chi connectivity index (χ4v) is 2.30. The van der Waals surface area contributed by atoms with Crippen molar-refractivity contribution in [2.24, 2.45) is 5.73 Å². The van der Waals surface area contributed by atoms with Crippen LogP contribution in [0.2, 0.25) is 0 Å². The Hall–Kier alpha value is -1.43. The molecule has 0 saturated heterocycles. The third kappa shape index (κ3) is 2.63. The number of aromatic nitrogens is 1. The zero-order chi connectivity index (χ0) is 12.3. The number of aliphatic hydroxyl groups is 1. The Morgan fingerprint density at radius 2 is 2.12 bits per heavy atom. The van der Waals surface area contributed by atoms with E-state index < -0.39 is 6.10 Å². The lowest BCUT2D eigenvalue weighted by atomic mass is 10.2. The molecule has 0 amide bonds. The molecule has 1 heterocycles. The molecule has 3 N–H and O–H groups in total. The predicted molar refractivity (Wildman–Crippen MR) is 68.1 cm³/mol. The highest BCUT2D eigenvalue weighted by atomic mass is 32.1. The van der Waals surface area contributed by atoms with E-state index in [1.165, 1.54) is 11.3 Å². The molecule has 1 aromatic heterocycles. The van der Waals surface area contributed by atoms with Gasteiger partial charge in [-0.05, 0) is 24.3 Å². The van der Waals surface area contributed by atoms with Gasteiger partial charge in [-0.2, -0.15) is 0 Å². The molecule has 2 rings (SSSR count). The van der Waals surface area contributed by atoms with E-state index in [1.54, 1.807) is 7.11 Å². The van der Waals surface area contributed by atoms with Crippen LogP contribution >= 0.6 is 11.3 Å². The van der Waals surface area contributed by atoms with E-state index in [0.29, 0.717) is 5.69 Å². The van der Waals surface area contributed by atoms with Crippen LogP contribution in [0.25, 0.3) is 10.6 Å². The summed E-state index contributed by atoms with van der Waals surface area (Å²) in [6.45, 7) is 0.186. The molecule has 0 spiro atoms. The second-order valence-corrected chi connectivity index (χ2v) is 4.42. The summed E-state index contributed by atoms with van der Waals surface area (Å²) in [5, 5.41) is 12.3. The van der Waals surface area contributed by atoms with Crippen LogP contribution in [0, 0.1) is 0 Å². The maximum atomic E-state index is 9.57. The summed E-state index contributed by atoms with van der Waals surface area (Å²) >= 11 is 1.49. The molecule has 0 aliphatic heterocycles. The molecule has 1 aromatic carbocycles. The van der Waals surface area contributed by atoms with Crippen LogP contribution in [0.5, 0.6) is 5.75 Å². The van der Waals surface area contributed by atoms with Crippen LogP contribution in [0.1, 0.15) is 11.8 Å². The van der Waals surface area contributed by atoms with Crippen LogP contribution < -0.4 is 10.5 Å². The first-order chi connectivity index (χ1) is 8.24. The van der Waals surface area contributed by atoms with E-state index >= 15 is 0 Å². The van der Waals surface area contributed by atoms with Gasteiger partial charge in [0.25, 0.3) is 0 Å². The summed E-state index contributed by atoms with van der Waals surface area (Å²) in [5.41, 5.74) is 7.02. The second-order valence-electron chi connectivity index (χ2n) is 3.56. The molecule has 1 unspecified atom stereocenters. The highest BCUT2D eigenvalue weighted by Crippen LogP contribution is 2.27. The number of nitrogens with zero attached hydrogens (tertiary/aromatic N) is 1. The molecule has 2 aromatic rings. The van der Waals surface area contributed by atoms with Gasteiger partial charge in [-0.3, -0.25) is 0 Å². The van der Waals surface area contributed by atoms with Crippen LogP contribution in [0.15, 0.2) is 29.6 Å². The quantitative estimate of drug-likeness (QED) is 0.868. The van der Waals surface area contributed by atoms with Crippen molar-refractivity contribution in [2.75, 3.05) is 13.7 Å². The Kier molecular flexibility index (Phi) is 3.73. The number of nitrogens with two attached hydrogens (primary N) is 1. The molecule has 5 heteroatoms. The molecule has 0 fully saturated rings. The van der Waals surface area contributed by atoms with Gasteiger partial charge in [-0.25, -0.2) is 4.98 Å². The topological polar surface area (TPSA) is 68.4 Å². The Labute approximate surface area is 104 Å². The summed E-state index contributed by atoms with van der Waals surface area (Å²) in [4.78, 5) is 4.35. The van der Waals surface area contributed by atoms with Crippen LogP contribution in [-0.4, -0.2) is 23.7 Å². The van der Waals surface area contributed by atoms with Crippen molar-refractivity contribution < 1.29 is 9.84 Å². The van der Waals surface area contributed by atoms with Crippen molar-refractivity contribution in [3.8, 4) is 16.3 Å². The summed E-state index contributed by atoms with van der Waals surface area (Å²) in [7, 11) is 1.63. The van der Waals surface area contributed by atoms with Crippen molar-refractivity contribution in [1.82, 2.24) is 4.98 Å². The van der Waals surface area contributed by atoms with Gasteiger partial charge in [0.2, 0.25) is 0 Å². The molecule has 0 bridgehead atoms. The Morgan fingerprint density at radius 1 is 1.41 bits per heavy atom. The predicted octanol–water partition coefficient (Wildman–Crippen LogP) is 1.81. The van der Waals surface area contributed by atoms with Crippen molar-refractivity contribution in [2.45, 2.75) is 6.10 Å². The number of hydrogen-bond acceptors (Lipinski definition) is 5. The number of hydrogen-bond donors (Lipinski definition) is 2. The van der Waals surface area contributed by atoms with Crippen molar-refractivity contribution in [3.63, 3.8) is 0 Å². The average molecular weight is 250 g/mol. The molecule has 0 radical (unpaired) electrons. The average Bonchev–Trinajstić information content (AvgIpc) is 2.87. The van der Waals surface area contributed by atoms with Gasteiger partial charge in [0.15, 0.2) is 0 Å². The lowest BCUT2D eigenvalue weighted by Gasteiger charge is -2.02. The van der Waals surface area contributed by atoms with Gasteiger partial charge in [0.1, 0.15) is 16.9 Å². The normalized spacial score (nSPS) is 12.4. The fourth-order valence-electron chi connectivity index (χ4n) is 1.43. The van der Waals surface area contributed by atoms with Gasteiger partial charge in [0.05, 0.1) is 12.8 Å². The minimum absolute atomic E-state index is 0.186. The van der Waals surface area contributed by atoms with Crippen LogP contribution in [0.4, 0.5) is 0 Å². The third-order valence-electron chi connectivity index (χ3n) is 2.42. The first kappa shape index (κ1) is 12.0. The van der Waals surface area contributed by atoms with E-state index in [0.717, 1.165) is 16.3 Å². The van der Waals surface area contributed by atoms with Gasteiger partial charge in [0, 0.05) is 17.5 Å². The van der Waals surface area contributed by atoms with Gasteiger partial charge in [-0.1, -0.05) is 0 Å². The van der Waals surface area contributed by atoms with Crippen molar-refractivity contribution >= 4 is 11.3 Å². The Bertz CT molecular complexity index is 482. The summed E-state index contributed by atoms with van der Waals surface area (Å²) in [6.07, 6.45) is -0.682. The first-order valence-electron chi connectivity index (χ1n) is 5.22. The minimum Gasteiger partial charge on any atom is -0.497 e. The van der Waals surface area contributed by atoms with E-state index in [1.807, 2.05) is 29.6 Å². The highest BCUT2D eigenvalue weighted by molar-refractivity contribution is 7.13. The Morgan fingerprint density at radius 3 is 2.71 bits per heavy atom. The largest absolute Gasteiger partial charge is 0.497 e. The molecule has 4 nitrogen and oxygen atoms in total. The van der Waals surface area contributed by atoms with Gasteiger partial charge in [-0.15, -0.1) is 11.3 Å². The van der Waals surface area contributed by atoms with E-state index in [4.69, 9.17) is 10.5 Å². The Balaban J connectivity index is 2.24. The molecule has 1 atom stereocenters. The lowest BCUT2D eigenvalue weighted by Crippen LogP contribution is -2.11. The number of benzene rings is 1. The van der Waals surface area contributed by atoms with Crippen LogP contribution in [0.3, 0.4) is 0 Å². The highest BCUT2D eigenvalue weighted by Gasteiger charge is 2.11. The molecule has 0 aliphatic rings. The van der Waals surface area contributed by atoms with Crippen molar-refractivity contribution in [3.05, 3.63) is 35.3 Å². The van der Waals surface area contributed by atoms with Crippen molar-refractivity contribution in [1.29, 1.82) is 0 Å². The maximum Gasteiger partial charge on any atom is 0.123 e. The van der Waals surface area contributed by atoms with Crippen LogP contribution in [-0.2, 0) is 0 Å². The second kappa shape index (κ2) is 5.27. The summed E-state index contributed by atoms with van der Waals surface area (Å²) in [6, 6.07) is 7.65. The zero-order valence-electron chi connectivity index (χ0n) is 9.46. The summed E-state index contributed by atoms with van der Waals surface area (Å²) in [5.74, 6) is 0.813. The maximum absolute atomic E-state index is 9.57. The molecule has 0 aliphatic carbocycles. The first-order valence-corrected chi connectivity index (χ1v) is 6.10. The molecular weight excluding hydrogens is 236 g/mol. The monoisotopic (exact) mass is 250 g/mol. The number of ether oxygens (including phenoxy) is 1. The SMILES string of the molecule is COc1ccc(-c2nc(C(O)CN)cs2)cc1. The number of rotatable bonds is 4. The summed E-state index contributed by atoms with van der Waals surface area (Å²) < 4.78 is 5.09. The van der Waals surface area contributed by atoms with Gasteiger partial charge >= 0.3 is 0 Å². The number of thiazole rings is 1. The molecular formula is C12H14N2O2S. The number of methoxy groups -OCH3 is 1. The van der Waals surface area contributed by atoms with E-state index in [9.17, 15) is 5.11 Å². The standard InChI is InChI=1S/C12H14N2O2S/c1-16-9-4-2-8(3-5-9)12-14-10(7-17-12)11(15)6-13/h2-5,7,11,15H,6,13H2,1H3. The fraction of sp³-hybridized carbons (Fsp3) is 0.250. The molecule has 0 saturated carbocycles. The molecule has 90 valence electrons. The van der Waals surface area contributed by atoms with E-state index in [2.05, 4.69) is 4.98 Å². The smallest absolute Gasteiger partial charge is 0.123 e. The molecule has 17 heavy (non-hydrogen) atoms. The third-order valence-corrected chi connectivity index (χ3v) is 3.33. The minimum atomic E-state index is -0.682. The number of aliphatic hydroxyl groups excluding tert-OH is 1. The zero-order valence-corrected chi connectivity index (χ0v) is 10.3. The van der Waals surface area contributed by atoms with Gasteiger partial charge < -0.3 is 15.6 Å². The lowest BCUT2D eigenvalue weighted by molar-refractivity contribution is 0.182.